The Morgan fingerprint density at radius 1 is 1.18 bits per heavy atom. The number of benzene rings is 1. The molecule has 8 nitrogen and oxygen atoms in total. The Morgan fingerprint density at radius 3 is 2.54 bits per heavy atom. The highest BCUT2D eigenvalue weighted by atomic mass is 16.5. The summed E-state index contributed by atoms with van der Waals surface area (Å²) in [6.07, 6.45) is 0. The first-order chi connectivity index (χ1) is 13.5. The van der Waals surface area contributed by atoms with Crippen LogP contribution in [0.2, 0.25) is 0 Å². The van der Waals surface area contributed by atoms with Crippen LogP contribution in [0.5, 0.6) is 5.75 Å². The van der Waals surface area contributed by atoms with Gasteiger partial charge in [-0.3, -0.25) is 4.90 Å². The molecular formula is C20H28N4O4. The van der Waals surface area contributed by atoms with E-state index in [1.165, 1.54) is 7.11 Å². The quantitative estimate of drug-likeness (QED) is 0.711. The van der Waals surface area contributed by atoms with Gasteiger partial charge in [0.05, 0.1) is 25.8 Å². The Balaban J connectivity index is 1.91. The molecule has 0 bridgehead atoms. The van der Waals surface area contributed by atoms with Gasteiger partial charge in [-0.2, -0.15) is 0 Å². The second kappa shape index (κ2) is 9.07. The number of hydrogen-bond donors (Lipinski definition) is 2. The molecule has 0 saturated carbocycles. The molecule has 1 unspecified atom stereocenters. The Hall–Kier alpha value is -2.58. The molecule has 2 aliphatic rings. The van der Waals surface area contributed by atoms with Gasteiger partial charge in [-0.15, -0.1) is 0 Å². The molecule has 2 amide bonds. The molecule has 1 aromatic rings. The standard InChI is InChI=1S/C20H28N4O4/c1-4-23-8-10-24(11-9-23)13-16-17(19(25)28-3)18(22-20(26)21-16)14-6-5-7-15(12-14)27-2/h5-7,12,18H,4,8-11,13H2,1-3H3,(H2,21,22,26). The van der Waals surface area contributed by atoms with Crippen molar-refractivity contribution in [2.45, 2.75) is 13.0 Å². The zero-order chi connectivity index (χ0) is 20.1. The van der Waals surface area contributed by atoms with E-state index in [1.54, 1.807) is 7.11 Å². The van der Waals surface area contributed by atoms with Crippen molar-refractivity contribution in [3.8, 4) is 5.75 Å². The number of nitrogens with one attached hydrogen (secondary N) is 2. The van der Waals surface area contributed by atoms with Gasteiger partial charge >= 0.3 is 12.0 Å². The van der Waals surface area contributed by atoms with Crippen LogP contribution in [0.25, 0.3) is 0 Å². The molecule has 0 spiro atoms. The summed E-state index contributed by atoms with van der Waals surface area (Å²) in [5.74, 6) is 0.203. The Morgan fingerprint density at radius 2 is 1.89 bits per heavy atom. The van der Waals surface area contributed by atoms with E-state index in [9.17, 15) is 9.59 Å². The van der Waals surface area contributed by atoms with Crippen LogP contribution in [0, 0.1) is 0 Å². The molecule has 152 valence electrons. The van der Waals surface area contributed by atoms with E-state index in [0.29, 0.717) is 23.6 Å². The largest absolute Gasteiger partial charge is 0.497 e. The van der Waals surface area contributed by atoms with Gasteiger partial charge in [-0.25, -0.2) is 9.59 Å². The lowest BCUT2D eigenvalue weighted by atomic mass is 9.94. The van der Waals surface area contributed by atoms with Crippen molar-refractivity contribution in [3.63, 3.8) is 0 Å². The molecule has 1 fully saturated rings. The van der Waals surface area contributed by atoms with Crippen LogP contribution in [0.1, 0.15) is 18.5 Å². The van der Waals surface area contributed by atoms with Crippen LogP contribution in [-0.2, 0) is 9.53 Å². The first-order valence-corrected chi connectivity index (χ1v) is 9.53. The van der Waals surface area contributed by atoms with Gasteiger partial charge in [0.1, 0.15) is 5.75 Å². The normalized spacial score (nSPS) is 21.1. The molecule has 3 rings (SSSR count). The van der Waals surface area contributed by atoms with E-state index in [2.05, 4.69) is 27.4 Å². The number of ether oxygens (including phenoxy) is 2. The number of rotatable bonds is 6. The Kier molecular flexibility index (Phi) is 6.53. The minimum atomic E-state index is -0.594. The first-order valence-electron chi connectivity index (χ1n) is 9.53. The van der Waals surface area contributed by atoms with Crippen molar-refractivity contribution >= 4 is 12.0 Å². The van der Waals surface area contributed by atoms with Gasteiger partial charge in [-0.05, 0) is 24.2 Å². The van der Waals surface area contributed by atoms with E-state index in [1.807, 2.05) is 24.3 Å². The molecule has 0 aromatic heterocycles. The van der Waals surface area contributed by atoms with Crippen LogP contribution < -0.4 is 15.4 Å². The summed E-state index contributed by atoms with van der Waals surface area (Å²) in [6.45, 7) is 7.40. The van der Waals surface area contributed by atoms with Crippen molar-refractivity contribution in [3.05, 3.63) is 41.1 Å². The average molecular weight is 388 g/mol. The van der Waals surface area contributed by atoms with E-state index >= 15 is 0 Å². The fourth-order valence-electron chi connectivity index (χ4n) is 3.65. The number of carbonyl (C=O) groups is 2. The highest BCUT2D eigenvalue weighted by molar-refractivity contribution is 5.95. The van der Waals surface area contributed by atoms with E-state index in [0.717, 1.165) is 38.3 Å². The zero-order valence-corrected chi connectivity index (χ0v) is 16.7. The summed E-state index contributed by atoms with van der Waals surface area (Å²) in [5, 5.41) is 5.67. The van der Waals surface area contributed by atoms with Crippen molar-refractivity contribution in [1.29, 1.82) is 0 Å². The van der Waals surface area contributed by atoms with Gasteiger partial charge in [0, 0.05) is 38.4 Å². The third-order valence-electron chi connectivity index (χ3n) is 5.28. The number of hydrogen-bond acceptors (Lipinski definition) is 6. The maximum absolute atomic E-state index is 12.6. The number of piperazine rings is 1. The molecule has 2 aliphatic heterocycles. The van der Waals surface area contributed by atoms with Gasteiger partial charge < -0.3 is 25.0 Å². The van der Waals surface area contributed by atoms with Crippen molar-refractivity contribution in [1.82, 2.24) is 20.4 Å². The number of urea groups is 1. The van der Waals surface area contributed by atoms with E-state index < -0.39 is 12.0 Å². The molecule has 1 aromatic carbocycles. The maximum Gasteiger partial charge on any atom is 0.338 e. The molecule has 8 heteroatoms. The molecular weight excluding hydrogens is 360 g/mol. The molecule has 1 atom stereocenters. The summed E-state index contributed by atoms with van der Waals surface area (Å²) >= 11 is 0. The van der Waals surface area contributed by atoms with Crippen molar-refractivity contribution in [2.24, 2.45) is 0 Å². The van der Waals surface area contributed by atoms with Gasteiger partial charge in [-0.1, -0.05) is 19.1 Å². The fraction of sp³-hybridized carbons (Fsp3) is 0.500. The maximum atomic E-state index is 12.6. The second-order valence-electron chi connectivity index (χ2n) is 6.90. The summed E-state index contributed by atoms with van der Waals surface area (Å²) < 4.78 is 10.3. The predicted molar refractivity (Wildman–Crippen MR) is 105 cm³/mol. The number of methoxy groups -OCH3 is 2. The van der Waals surface area contributed by atoms with Crippen molar-refractivity contribution in [2.75, 3.05) is 53.5 Å². The highest BCUT2D eigenvalue weighted by Gasteiger charge is 2.34. The van der Waals surface area contributed by atoms with Crippen LogP contribution >= 0.6 is 0 Å². The summed E-state index contributed by atoms with van der Waals surface area (Å²) in [7, 11) is 2.94. The Labute approximate surface area is 165 Å². The van der Waals surface area contributed by atoms with Gasteiger partial charge in [0.15, 0.2) is 0 Å². The van der Waals surface area contributed by atoms with Crippen LogP contribution in [0.4, 0.5) is 4.79 Å². The molecule has 2 N–H and O–H groups in total. The van der Waals surface area contributed by atoms with Crippen LogP contribution in [0.3, 0.4) is 0 Å². The highest BCUT2D eigenvalue weighted by Crippen LogP contribution is 2.30. The molecule has 0 radical (unpaired) electrons. The predicted octanol–water partition coefficient (Wildman–Crippen LogP) is 1.11. The number of carbonyl (C=O) groups excluding carboxylic acids is 2. The molecule has 0 aliphatic carbocycles. The zero-order valence-electron chi connectivity index (χ0n) is 16.7. The van der Waals surface area contributed by atoms with Gasteiger partial charge in [0.2, 0.25) is 0 Å². The minimum Gasteiger partial charge on any atom is -0.497 e. The topological polar surface area (TPSA) is 83.1 Å². The number of likely N-dealkylation sites (N-methyl/N-ethyl adjacent to an activating group) is 1. The fourth-order valence-corrected chi connectivity index (χ4v) is 3.65. The molecule has 28 heavy (non-hydrogen) atoms. The number of nitrogens with zero attached hydrogens (tertiary/aromatic N) is 2. The van der Waals surface area contributed by atoms with Crippen LogP contribution in [0.15, 0.2) is 35.5 Å². The number of esters is 1. The lowest BCUT2D eigenvalue weighted by molar-refractivity contribution is -0.136. The summed E-state index contributed by atoms with van der Waals surface area (Å²) in [4.78, 5) is 29.6. The van der Waals surface area contributed by atoms with E-state index in [4.69, 9.17) is 9.47 Å². The minimum absolute atomic E-state index is 0.331. The molecule has 1 saturated heterocycles. The lowest BCUT2D eigenvalue weighted by Gasteiger charge is -2.36. The van der Waals surface area contributed by atoms with Crippen molar-refractivity contribution < 1.29 is 19.1 Å². The number of amides is 2. The summed E-state index contributed by atoms with van der Waals surface area (Å²) in [5.41, 5.74) is 1.78. The monoisotopic (exact) mass is 388 g/mol. The third-order valence-corrected chi connectivity index (χ3v) is 5.28. The smallest absolute Gasteiger partial charge is 0.338 e. The van der Waals surface area contributed by atoms with E-state index in [-0.39, 0.29) is 6.03 Å². The summed E-state index contributed by atoms with van der Waals surface area (Å²) in [6, 6.07) is 6.41. The van der Waals surface area contributed by atoms with Crippen LogP contribution in [-0.4, -0.2) is 75.3 Å². The molecule has 2 heterocycles. The lowest BCUT2D eigenvalue weighted by Crippen LogP contribution is -2.51. The SMILES string of the molecule is CCN1CCN(CC2=C(C(=O)OC)C(c3cccc(OC)c3)NC(=O)N2)CC1. The third kappa shape index (κ3) is 4.45. The van der Waals surface area contributed by atoms with Gasteiger partial charge in [0.25, 0.3) is 0 Å². The second-order valence-corrected chi connectivity index (χ2v) is 6.90. The Bertz CT molecular complexity index is 756. The average Bonchev–Trinajstić information content (AvgIpc) is 2.73. The first kappa shape index (κ1) is 20.2.